The SMILES string of the molecule is CC#Cc1cc(OC)c(C2C(=O)CC3(CCN(OC)CC3)CC2=O)c(OC)c1. The summed E-state index contributed by atoms with van der Waals surface area (Å²) >= 11 is 0. The summed E-state index contributed by atoms with van der Waals surface area (Å²) in [6, 6.07) is 3.52. The van der Waals surface area contributed by atoms with E-state index in [1.54, 1.807) is 26.2 Å². The number of ketones is 2. The van der Waals surface area contributed by atoms with Crippen molar-refractivity contribution in [1.82, 2.24) is 5.06 Å². The molecule has 1 aromatic carbocycles. The van der Waals surface area contributed by atoms with E-state index >= 15 is 0 Å². The van der Waals surface area contributed by atoms with Gasteiger partial charge in [0.05, 0.1) is 26.9 Å². The predicted octanol–water partition coefficient (Wildman–Crippen LogP) is 2.73. The summed E-state index contributed by atoms with van der Waals surface area (Å²) in [4.78, 5) is 31.6. The normalized spacial score (nSPS) is 20.0. The maximum Gasteiger partial charge on any atom is 0.148 e. The summed E-state index contributed by atoms with van der Waals surface area (Å²) in [6.07, 6.45) is 2.35. The Labute approximate surface area is 166 Å². The third-order valence-electron chi connectivity index (χ3n) is 5.89. The molecule has 3 rings (SSSR count). The van der Waals surface area contributed by atoms with Crippen LogP contribution in [0, 0.1) is 17.3 Å². The van der Waals surface area contributed by atoms with E-state index in [-0.39, 0.29) is 17.0 Å². The van der Waals surface area contributed by atoms with E-state index in [0.717, 1.165) is 31.5 Å². The zero-order valence-corrected chi connectivity index (χ0v) is 17.0. The number of hydroxylamine groups is 2. The molecular weight excluding hydrogens is 358 g/mol. The lowest BCUT2D eigenvalue weighted by molar-refractivity contribution is -0.166. The number of carbonyl (C=O) groups is 2. The summed E-state index contributed by atoms with van der Waals surface area (Å²) in [7, 11) is 4.71. The minimum absolute atomic E-state index is 0.0620. The van der Waals surface area contributed by atoms with Crippen LogP contribution in [0.4, 0.5) is 0 Å². The minimum atomic E-state index is -0.848. The van der Waals surface area contributed by atoms with E-state index in [0.29, 0.717) is 29.9 Å². The molecule has 0 amide bonds. The standard InChI is InChI=1S/C22H27NO5/c1-5-6-15-11-18(26-2)21(19(12-15)27-3)20-16(24)13-22(14-17(20)25)7-9-23(28-4)10-8-22/h11-12,20H,7-10,13-14H2,1-4H3. The van der Waals surface area contributed by atoms with Crippen molar-refractivity contribution in [3.05, 3.63) is 23.3 Å². The van der Waals surface area contributed by atoms with Gasteiger partial charge in [-0.3, -0.25) is 9.59 Å². The molecule has 6 heteroatoms. The number of nitrogens with zero attached hydrogens (tertiary/aromatic N) is 1. The van der Waals surface area contributed by atoms with E-state index < -0.39 is 5.92 Å². The molecule has 0 N–H and O–H groups in total. The van der Waals surface area contributed by atoms with E-state index in [9.17, 15) is 9.59 Å². The van der Waals surface area contributed by atoms with Crippen molar-refractivity contribution in [2.24, 2.45) is 5.41 Å². The van der Waals surface area contributed by atoms with Crippen LogP contribution in [0.25, 0.3) is 0 Å². The fourth-order valence-corrected chi connectivity index (χ4v) is 4.44. The smallest absolute Gasteiger partial charge is 0.148 e. The molecule has 2 fully saturated rings. The summed E-state index contributed by atoms with van der Waals surface area (Å²) in [5.74, 6) is 5.77. The van der Waals surface area contributed by atoms with Crippen molar-refractivity contribution < 1.29 is 23.9 Å². The fourth-order valence-electron chi connectivity index (χ4n) is 4.44. The number of methoxy groups -OCH3 is 2. The molecule has 28 heavy (non-hydrogen) atoms. The second-order valence-corrected chi connectivity index (χ2v) is 7.50. The third kappa shape index (κ3) is 3.78. The van der Waals surface area contributed by atoms with Crippen LogP contribution in [0.2, 0.25) is 0 Å². The number of benzene rings is 1. The Hall–Kier alpha value is -2.36. The Balaban J connectivity index is 1.94. The van der Waals surface area contributed by atoms with Crippen LogP contribution in [0.15, 0.2) is 12.1 Å². The van der Waals surface area contributed by atoms with E-state index in [1.165, 1.54) is 14.2 Å². The van der Waals surface area contributed by atoms with Gasteiger partial charge in [-0.2, -0.15) is 5.06 Å². The van der Waals surface area contributed by atoms with Gasteiger partial charge in [0.25, 0.3) is 0 Å². The van der Waals surface area contributed by atoms with E-state index in [2.05, 4.69) is 11.8 Å². The third-order valence-corrected chi connectivity index (χ3v) is 5.89. The number of hydrogen-bond acceptors (Lipinski definition) is 6. The Kier molecular flexibility index (Phi) is 6.07. The van der Waals surface area contributed by atoms with Gasteiger partial charge in [-0.1, -0.05) is 5.92 Å². The molecule has 1 aliphatic carbocycles. The molecule has 150 valence electrons. The van der Waals surface area contributed by atoms with Gasteiger partial charge < -0.3 is 14.3 Å². The molecule has 1 heterocycles. The average molecular weight is 385 g/mol. The van der Waals surface area contributed by atoms with Crippen LogP contribution >= 0.6 is 0 Å². The molecule has 0 atom stereocenters. The van der Waals surface area contributed by atoms with Gasteiger partial charge in [0.15, 0.2) is 0 Å². The highest BCUT2D eigenvalue weighted by molar-refractivity contribution is 6.11. The van der Waals surface area contributed by atoms with Crippen LogP contribution in [0.3, 0.4) is 0 Å². The molecule has 1 spiro atoms. The number of carbonyl (C=O) groups excluding carboxylic acids is 2. The molecule has 1 aliphatic heterocycles. The number of rotatable bonds is 4. The van der Waals surface area contributed by atoms with Crippen molar-refractivity contribution in [2.45, 2.75) is 38.5 Å². The van der Waals surface area contributed by atoms with E-state index in [4.69, 9.17) is 14.3 Å². The lowest BCUT2D eigenvalue weighted by Gasteiger charge is -2.44. The molecule has 0 radical (unpaired) electrons. The molecule has 0 bridgehead atoms. The molecule has 1 saturated carbocycles. The number of hydrogen-bond donors (Lipinski definition) is 0. The monoisotopic (exact) mass is 385 g/mol. The number of piperidine rings is 1. The highest BCUT2D eigenvalue weighted by atomic mass is 16.7. The lowest BCUT2D eigenvalue weighted by Crippen LogP contribution is -2.46. The average Bonchev–Trinajstić information content (AvgIpc) is 2.68. The maximum absolute atomic E-state index is 13.2. The fraction of sp³-hybridized carbons (Fsp3) is 0.545. The zero-order valence-electron chi connectivity index (χ0n) is 17.0. The first kappa shape index (κ1) is 20.4. The zero-order chi connectivity index (χ0) is 20.3. The quantitative estimate of drug-likeness (QED) is 0.587. The van der Waals surface area contributed by atoms with Crippen molar-refractivity contribution >= 4 is 11.6 Å². The topological polar surface area (TPSA) is 65.1 Å². The van der Waals surface area contributed by atoms with Crippen LogP contribution in [-0.4, -0.2) is 51.0 Å². The molecule has 0 unspecified atom stereocenters. The van der Waals surface area contributed by atoms with Gasteiger partial charge >= 0.3 is 0 Å². The van der Waals surface area contributed by atoms with Crippen molar-refractivity contribution in [1.29, 1.82) is 0 Å². The van der Waals surface area contributed by atoms with Crippen LogP contribution in [0.5, 0.6) is 11.5 Å². The molecule has 1 saturated heterocycles. The Morgan fingerprint density at radius 1 is 1.00 bits per heavy atom. The molecular formula is C22H27NO5. The summed E-state index contributed by atoms with van der Waals surface area (Å²) in [5, 5.41) is 1.88. The van der Waals surface area contributed by atoms with Crippen molar-refractivity contribution in [2.75, 3.05) is 34.4 Å². The van der Waals surface area contributed by atoms with E-state index in [1.807, 2.05) is 5.06 Å². The van der Waals surface area contributed by atoms with Crippen molar-refractivity contribution in [3.63, 3.8) is 0 Å². The minimum Gasteiger partial charge on any atom is -0.496 e. The second kappa shape index (κ2) is 8.34. The first-order valence-corrected chi connectivity index (χ1v) is 9.50. The second-order valence-electron chi connectivity index (χ2n) is 7.50. The Morgan fingerprint density at radius 2 is 1.54 bits per heavy atom. The summed E-state index contributed by atoms with van der Waals surface area (Å²) < 4.78 is 11.0. The van der Waals surface area contributed by atoms with Crippen molar-refractivity contribution in [3.8, 4) is 23.3 Å². The Morgan fingerprint density at radius 3 is 1.96 bits per heavy atom. The van der Waals surface area contributed by atoms with Gasteiger partial charge in [-0.05, 0) is 37.3 Å². The first-order valence-electron chi connectivity index (χ1n) is 9.50. The van der Waals surface area contributed by atoms with Gasteiger partial charge in [-0.25, -0.2) is 0 Å². The van der Waals surface area contributed by atoms with Gasteiger partial charge in [0, 0.05) is 31.5 Å². The van der Waals surface area contributed by atoms with Gasteiger partial charge in [-0.15, -0.1) is 5.92 Å². The maximum atomic E-state index is 13.2. The lowest BCUT2D eigenvalue weighted by atomic mass is 9.63. The Bertz CT molecular complexity index is 782. The highest BCUT2D eigenvalue weighted by Gasteiger charge is 2.48. The highest BCUT2D eigenvalue weighted by Crippen LogP contribution is 2.48. The number of Topliss-reactive ketones (excluding diaryl/α,β-unsaturated/α-hetero) is 2. The molecule has 1 aromatic rings. The first-order chi connectivity index (χ1) is 13.5. The summed E-state index contributed by atoms with van der Waals surface area (Å²) in [6.45, 7) is 3.22. The van der Waals surface area contributed by atoms with Crippen LogP contribution < -0.4 is 9.47 Å². The molecule has 2 aliphatic rings. The van der Waals surface area contributed by atoms with Crippen LogP contribution in [0.1, 0.15) is 49.7 Å². The summed E-state index contributed by atoms with van der Waals surface area (Å²) in [5.41, 5.74) is 0.984. The largest absolute Gasteiger partial charge is 0.496 e. The van der Waals surface area contributed by atoms with Gasteiger partial charge in [0.1, 0.15) is 29.0 Å². The van der Waals surface area contributed by atoms with Gasteiger partial charge in [0.2, 0.25) is 0 Å². The number of ether oxygens (including phenoxy) is 2. The molecule has 0 aromatic heterocycles. The molecule has 6 nitrogen and oxygen atoms in total. The van der Waals surface area contributed by atoms with Crippen LogP contribution in [-0.2, 0) is 14.4 Å². The predicted molar refractivity (Wildman–Crippen MR) is 104 cm³/mol.